The van der Waals surface area contributed by atoms with Crippen LogP contribution in [0.2, 0.25) is 0 Å². The van der Waals surface area contributed by atoms with Crippen molar-refractivity contribution in [3.8, 4) is 0 Å². The van der Waals surface area contributed by atoms with Gasteiger partial charge >= 0.3 is 0 Å². The van der Waals surface area contributed by atoms with Crippen LogP contribution in [-0.4, -0.2) is 21.5 Å². The molecule has 1 heterocycles. The smallest absolute Gasteiger partial charge is 0.261 e. The highest BCUT2D eigenvalue weighted by Crippen LogP contribution is 2.29. The van der Waals surface area contributed by atoms with E-state index < -0.39 is 9.05 Å². The number of nitrogens with zero attached hydrogens (tertiary/aromatic N) is 1. The van der Waals surface area contributed by atoms with Gasteiger partial charge in [0.25, 0.3) is 9.05 Å². The van der Waals surface area contributed by atoms with E-state index in [4.69, 9.17) is 10.7 Å². The van der Waals surface area contributed by atoms with E-state index in [0.717, 1.165) is 36.1 Å². The van der Waals surface area contributed by atoms with Gasteiger partial charge in [-0.2, -0.15) is 0 Å². The summed E-state index contributed by atoms with van der Waals surface area (Å²) in [6.07, 6.45) is 2.30. The summed E-state index contributed by atoms with van der Waals surface area (Å²) in [5.41, 5.74) is 0.908. The minimum absolute atomic E-state index is 0.144. The quantitative estimate of drug-likeness (QED) is 0.785. The van der Waals surface area contributed by atoms with Crippen molar-refractivity contribution in [1.82, 2.24) is 0 Å². The van der Waals surface area contributed by atoms with Gasteiger partial charge in [-0.1, -0.05) is 15.9 Å². The molecule has 16 heavy (non-hydrogen) atoms. The Morgan fingerprint density at radius 1 is 1.19 bits per heavy atom. The van der Waals surface area contributed by atoms with Gasteiger partial charge in [0, 0.05) is 33.9 Å². The summed E-state index contributed by atoms with van der Waals surface area (Å²) in [6.45, 7) is 1.94. The number of benzene rings is 1. The lowest BCUT2D eigenvalue weighted by Gasteiger charge is -2.18. The Labute approximate surface area is 108 Å². The van der Waals surface area contributed by atoms with E-state index in [-0.39, 0.29) is 4.90 Å². The van der Waals surface area contributed by atoms with Crippen LogP contribution in [0.5, 0.6) is 0 Å². The molecule has 0 aromatic heterocycles. The Kier molecular flexibility index (Phi) is 3.47. The fourth-order valence-corrected chi connectivity index (χ4v) is 3.28. The normalized spacial score (nSPS) is 16.8. The highest BCUT2D eigenvalue weighted by atomic mass is 79.9. The second-order valence-corrected chi connectivity index (χ2v) is 7.26. The van der Waals surface area contributed by atoms with E-state index in [1.807, 2.05) is 6.07 Å². The molecule has 0 unspecified atom stereocenters. The summed E-state index contributed by atoms with van der Waals surface area (Å²) in [7, 11) is 1.68. The fourth-order valence-electron chi connectivity index (χ4n) is 1.85. The molecule has 0 N–H and O–H groups in total. The van der Waals surface area contributed by atoms with Crippen molar-refractivity contribution in [2.45, 2.75) is 17.7 Å². The Balaban J connectivity index is 2.43. The lowest BCUT2D eigenvalue weighted by molar-refractivity contribution is 0.609. The highest BCUT2D eigenvalue weighted by molar-refractivity contribution is 9.10. The van der Waals surface area contributed by atoms with Crippen LogP contribution in [0.25, 0.3) is 0 Å². The van der Waals surface area contributed by atoms with Crippen LogP contribution in [0.1, 0.15) is 12.8 Å². The maximum absolute atomic E-state index is 11.3. The molecule has 1 aromatic carbocycles. The van der Waals surface area contributed by atoms with E-state index in [9.17, 15) is 8.42 Å². The molecule has 0 saturated carbocycles. The van der Waals surface area contributed by atoms with Crippen molar-refractivity contribution in [2.24, 2.45) is 0 Å². The maximum Gasteiger partial charge on any atom is 0.261 e. The lowest BCUT2D eigenvalue weighted by atomic mass is 10.3. The summed E-state index contributed by atoms with van der Waals surface area (Å²) in [6, 6.07) is 5.05. The van der Waals surface area contributed by atoms with Crippen LogP contribution in [0.15, 0.2) is 27.6 Å². The molecule has 1 aliphatic heterocycles. The number of halogens is 2. The zero-order valence-electron chi connectivity index (χ0n) is 8.49. The van der Waals surface area contributed by atoms with Gasteiger partial charge < -0.3 is 4.90 Å². The summed E-state index contributed by atoms with van der Waals surface area (Å²) in [5, 5.41) is 0. The van der Waals surface area contributed by atoms with E-state index in [1.54, 1.807) is 6.07 Å². The Bertz CT molecular complexity index is 498. The molecule has 0 radical (unpaired) electrons. The number of hydrogen-bond donors (Lipinski definition) is 0. The summed E-state index contributed by atoms with van der Waals surface area (Å²) >= 11 is 3.30. The van der Waals surface area contributed by atoms with Crippen molar-refractivity contribution < 1.29 is 8.42 Å². The standard InChI is InChI=1S/C10H11BrClNO2S/c11-8-5-9(13-3-1-2-4-13)7-10(6-8)16(12,14)15/h5-7H,1-4H2. The predicted molar refractivity (Wildman–Crippen MR) is 68.6 cm³/mol. The molecular weight excluding hydrogens is 314 g/mol. The molecule has 1 saturated heterocycles. The zero-order chi connectivity index (χ0) is 11.8. The van der Waals surface area contributed by atoms with E-state index >= 15 is 0 Å². The van der Waals surface area contributed by atoms with Gasteiger partial charge in [0.1, 0.15) is 0 Å². The molecule has 3 nitrogen and oxygen atoms in total. The van der Waals surface area contributed by atoms with Crippen LogP contribution in [-0.2, 0) is 9.05 Å². The largest absolute Gasteiger partial charge is 0.371 e. The third-order valence-corrected chi connectivity index (χ3v) is 4.40. The van der Waals surface area contributed by atoms with Crippen molar-refractivity contribution >= 4 is 41.4 Å². The Morgan fingerprint density at radius 2 is 1.81 bits per heavy atom. The first-order chi connectivity index (χ1) is 7.47. The van der Waals surface area contributed by atoms with Crippen LogP contribution >= 0.6 is 26.6 Å². The monoisotopic (exact) mass is 323 g/mol. The number of rotatable bonds is 2. The highest BCUT2D eigenvalue weighted by Gasteiger charge is 2.17. The zero-order valence-corrected chi connectivity index (χ0v) is 11.6. The van der Waals surface area contributed by atoms with Crippen molar-refractivity contribution in [1.29, 1.82) is 0 Å². The Hall–Kier alpha value is -0.260. The fraction of sp³-hybridized carbons (Fsp3) is 0.400. The molecule has 0 atom stereocenters. The van der Waals surface area contributed by atoms with Gasteiger partial charge in [0.2, 0.25) is 0 Å². The van der Waals surface area contributed by atoms with Gasteiger partial charge in [-0.05, 0) is 31.0 Å². The van der Waals surface area contributed by atoms with E-state index in [0.29, 0.717) is 0 Å². The van der Waals surface area contributed by atoms with Crippen LogP contribution < -0.4 is 4.90 Å². The average Bonchev–Trinajstić information content (AvgIpc) is 2.68. The van der Waals surface area contributed by atoms with Crippen LogP contribution in [0, 0.1) is 0 Å². The van der Waals surface area contributed by atoms with Crippen molar-refractivity contribution in [3.63, 3.8) is 0 Å². The lowest BCUT2D eigenvalue weighted by Crippen LogP contribution is -2.17. The van der Waals surface area contributed by atoms with Gasteiger partial charge in [-0.15, -0.1) is 0 Å². The topological polar surface area (TPSA) is 37.4 Å². The summed E-state index contributed by atoms with van der Waals surface area (Å²) in [4.78, 5) is 2.31. The second kappa shape index (κ2) is 4.55. The van der Waals surface area contributed by atoms with Crippen LogP contribution in [0.3, 0.4) is 0 Å². The van der Waals surface area contributed by atoms with E-state index in [1.165, 1.54) is 6.07 Å². The number of hydrogen-bond acceptors (Lipinski definition) is 3. The van der Waals surface area contributed by atoms with Crippen molar-refractivity contribution in [2.75, 3.05) is 18.0 Å². The molecule has 1 aliphatic rings. The van der Waals surface area contributed by atoms with Gasteiger partial charge in [-0.3, -0.25) is 0 Å². The molecule has 0 bridgehead atoms. The molecule has 88 valence electrons. The first-order valence-corrected chi connectivity index (χ1v) is 8.07. The Morgan fingerprint density at radius 3 is 2.38 bits per heavy atom. The maximum atomic E-state index is 11.3. The minimum atomic E-state index is -3.66. The van der Waals surface area contributed by atoms with Crippen LogP contribution in [0.4, 0.5) is 5.69 Å². The second-order valence-electron chi connectivity index (χ2n) is 3.78. The van der Waals surface area contributed by atoms with Gasteiger partial charge in [0.05, 0.1) is 4.90 Å². The number of anilines is 1. The molecule has 1 aromatic rings. The first kappa shape index (κ1) is 12.2. The SMILES string of the molecule is O=S(=O)(Cl)c1cc(Br)cc(N2CCCC2)c1. The molecular formula is C10H11BrClNO2S. The van der Waals surface area contributed by atoms with Gasteiger partial charge in [-0.25, -0.2) is 8.42 Å². The first-order valence-electron chi connectivity index (χ1n) is 4.97. The molecule has 6 heteroatoms. The summed E-state index contributed by atoms with van der Waals surface area (Å²) in [5.74, 6) is 0. The summed E-state index contributed by atoms with van der Waals surface area (Å²) < 4.78 is 23.3. The minimum Gasteiger partial charge on any atom is -0.371 e. The third-order valence-electron chi connectivity index (χ3n) is 2.61. The molecule has 1 fully saturated rings. The molecule has 0 aliphatic carbocycles. The average molecular weight is 325 g/mol. The molecule has 0 amide bonds. The van der Waals surface area contributed by atoms with Gasteiger partial charge in [0.15, 0.2) is 0 Å². The predicted octanol–water partition coefficient (Wildman–Crippen LogP) is 2.98. The molecule has 0 spiro atoms. The van der Waals surface area contributed by atoms with Crippen molar-refractivity contribution in [3.05, 3.63) is 22.7 Å². The van der Waals surface area contributed by atoms with E-state index in [2.05, 4.69) is 20.8 Å². The third kappa shape index (κ3) is 2.70. The molecule has 2 rings (SSSR count).